The lowest BCUT2D eigenvalue weighted by Gasteiger charge is -2.07. The highest BCUT2D eigenvalue weighted by Crippen LogP contribution is 2.21. The highest BCUT2D eigenvalue weighted by atomic mass is 35.5. The van der Waals surface area contributed by atoms with Gasteiger partial charge in [0.1, 0.15) is 18.4 Å². The van der Waals surface area contributed by atoms with Gasteiger partial charge in [0.25, 0.3) is 0 Å². The molecule has 0 aromatic heterocycles. The molecule has 0 saturated heterocycles. The predicted molar refractivity (Wildman–Crippen MR) is 70.6 cm³/mol. The summed E-state index contributed by atoms with van der Waals surface area (Å²) in [7, 11) is -3.04. The monoisotopic (exact) mass is 287 g/mol. The Morgan fingerprint density at radius 1 is 1.39 bits per heavy atom. The number of nitrogens with zero attached hydrogens (tertiary/aromatic N) is 1. The van der Waals surface area contributed by atoms with E-state index in [0.29, 0.717) is 22.8 Å². The first-order valence-electron chi connectivity index (χ1n) is 5.51. The number of sulfone groups is 1. The van der Waals surface area contributed by atoms with Crippen LogP contribution >= 0.6 is 11.6 Å². The van der Waals surface area contributed by atoms with Gasteiger partial charge in [0.2, 0.25) is 0 Å². The third-order valence-electron chi connectivity index (χ3n) is 2.24. The molecule has 4 nitrogen and oxygen atoms in total. The number of hydrogen-bond donors (Lipinski definition) is 0. The Bertz CT molecular complexity index is 549. The first kappa shape index (κ1) is 14.8. The van der Waals surface area contributed by atoms with Crippen LogP contribution in [0, 0.1) is 11.3 Å². The largest absolute Gasteiger partial charge is 0.492 e. The average molecular weight is 288 g/mol. The maximum absolute atomic E-state index is 11.4. The van der Waals surface area contributed by atoms with Crippen LogP contribution < -0.4 is 4.74 Å². The third-order valence-corrected chi connectivity index (χ3v) is 4.37. The smallest absolute Gasteiger partial charge is 0.153 e. The summed E-state index contributed by atoms with van der Waals surface area (Å²) in [5.74, 6) is 0.619. The predicted octanol–water partition coefficient (Wildman–Crippen LogP) is 2.42. The first-order chi connectivity index (χ1) is 8.48. The molecule has 0 spiro atoms. The fourth-order valence-corrected chi connectivity index (χ4v) is 2.75. The second-order valence-corrected chi connectivity index (χ2v) is 6.46. The summed E-state index contributed by atoms with van der Waals surface area (Å²) >= 11 is 5.83. The molecule has 0 heterocycles. The van der Waals surface area contributed by atoms with E-state index in [-0.39, 0.29) is 18.1 Å². The Hall–Kier alpha value is -1.25. The van der Waals surface area contributed by atoms with E-state index in [1.54, 1.807) is 6.07 Å². The molecule has 0 saturated carbocycles. The number of halogens is 1. The second kappa shape index (κ2) is 6.62. The Balaban J connectivity index is 2.55. The Kier molecular flexibility index (Phi) is 5.45. The average Bonchev–Trinajstić information content (AvgIpc) is 2.29. The van der Waals surface area contributed by atoms with Crippen LogP contribution in [0.3, 0.4) is 0 Å². The summed E-state index contributed by atoms with van der Waals surface area (Å²) in [6, 6.07) is 6.58. The van der Waals surface area contributed by atoms with Gasteiger partial charge in [-0.15, -0.1) is 0 Å². The molecule has 0 N–H and O–H groups in total. The van der Waals surface area contributed by atoms with E-state index in [0.717, 1.165) is 0 Å². The summed E-state index contributed by atoms with van der Waals surface area (Å²) in [6.45, 7) is 1.91. The molecule has 6 heteroatoms. The molecule has 0 aliphatic rings. The van der Waals surface area contributed by atoms with Crippen molar-refractivity contribution in [1.82, 2.24) is 0 Å². The van der Waals surface area contributed by atoms with Crippen LogP contribution in [0.1, 0.15) is 18.9 Å². The normalized spacial score (nSPS) is 10.9. The molecular formula is C12H14ClNO3S. The Labute approximate surface area is 112 Å². The van der Waals surface area contributed by atoms with Gasteiger partial charge < -0.3 is 4.74 Å². The van der Waals surface area contributed by atoms with Gasteiger partial charge in [-0.05, 0) is 18.6 Å². The quantitative estimate of drug-likeness (QED) is 0.806. The lowest BCUT2D eigenvalue weighted by atomic mass is 10.2. The van der Waals surface area contributed by atoms with Crippen LogP contribution in [0.5, 0.6) is 5.75 Å². The minimum Gasteiger partial charge on any atom is -0.492 e. The molecule has 0 aliphatic heterocycles. The fraction of sp³-hybridized carbons (Fsp3) is 0.417. The number of rotatable bonds is 6. The molecule has 98 valence electrons. The van der Waals surface area contributed by atoms with Crippen molar-refractivity contribution in [3.63, 3.8) is 0 Å². The standard InChI is InChI=1S/C12H14ClNO3S/c1-2-6-18(15,16)7-5-17-11-4-3-10(9-14)12(13)8-11/h3-4,8H,2,5-7H2,1H3. The van der Waals surface area contributed by atoms with Crippen molar-refractivity contribution in [3.8, 4) is 11.8 Å². The van der Waals surface area contributed by atoms with Crippen molar-refractivity contribution >= 4 is 21.4 Å². The molecule has 0 unspecified atom stereocenters. The van der Waals surface area contributed by atoms with E-state index in [4.69, 9.17) is 21.6 Å². The van der Waals surface area contributed by atoms with Crippen LogP contribution in [0.15, 0.2) is 18.2 Å². The second-order valence-electron chi connectivity index (χ2n) is 3.75. The molecular weight excluding hydrogens is 274 g/mol. The van der Waals surface area contributed by atoms with Crippen LogP contribution in [-0.4, -0.2) is 26.5 Å². The highest BCUT2D eigenvalue weighted by molar-refractivity contribution is 7.91. The number of benzene rings is 1. The summed E-state index contributed by atoms with van der Waals surface area (Å²) in [6.07, 6.45) is 0.602. The maximum Gasteiger partial charge on any atom is 0.153 e. The summed E-state index contributed by atoms with van der Waals surface area (Å²) < 4.78 is 28.2. The molecule has 1 rings (SSSR count). The van der Waals surface area contributed by atoms with Gasteiger partial charge in [-0.2, -0.15) is 5.26 Å². The van der Waals surface area contributed by atoms with E-state index in [1.165, 1.54) is 12.1 Å². The Morgan fingerprint density at radius 3 is 2.67 bits per heavy atom. The SMILES string of the molecule is CCCS(=O)(=O)CCOc1ccc(C#N)c(Cl)c1. The Morgan fingerprint density at radius 2 is 2.11 bits per heavy atom. The first-order valence-corrected chi connectivity index (χ1v) is 7.71. The van der Waals surface area contributed by atoms with E-state index in [1.807, 2.05) is 13.0 Å². The van der Waals surface area contributed by atoms with Crippen LogP contribution in [-0.2, 0) is 9.84 Å². The minimum absolute atomic E-state index is 0.0154. The molecule has 0 bridgehead atoms. The summed E-state index contributed by atoms with van der Waals surface area (Å²) in [5.41, 5.74) is 0.364. The fourth-order valence-electron chi connectivity index (χ4n) is 1.38. The van der Waals surface area contributed by atoms with E-state index in [2.05, 4.69) is 0 Å². The molecule has 0 amide bonds. The van der Waals surface area contributed by atoms with Gasteiger partial charge in [-0.25, -0.2) is 8.42 Å². The lowest BCUT2D eigenvalue weighted by Crippen LogP contribution is -2.16. The van der Waals surface area contributed by atoms with E-state index in [9.17, 15) is 8.42 Å². The molecule has 18 heavy (non-hydrogen) atoms. The third kappa shape index (κ3) is 4.55. The van der Waals surface area contributed by atoms with Crippen LogP contribution in [0.2, 0.25) is 5.02 Å². The van der Waals surface area contributed by atoms with Crippen LogP contribution in [0.4, 0.5) is 0 Å². The molecule has 0 fully saturated rings. The molecule has 1 aromatic carbocycles. The van der Waals surface area contributed by atoms with Gasteiger partial charge in [0, 0.05) is 6.07 Å². The summed E-state index contributed by atoms with van der Waals surface area (Å²) in [4.78, 5) is 0. The van der Waals surface area contributed by atoms with Crippen molar-refractivity contribution in [2.45, 2.75) is 13.3 Å². The van der Waals surface area contributed by atoms with Crippen molar-refractivity contribution in [3.05, 3.63) is 28.8 Å². The highest BCUT2D eigenvalue weighted by Gasteiger charge is 2.09. The van der Waals surface area contributed by atoms with Crippen molar-refractivity contribution in [2.75, 3.05) is 18.1 Å². The number of hydrogen-bond acceptors (Lipinski definition) is 4. The maximum atomic E-state index is 11.4. The summed E-state index contributed by atoms with van der Waals surface area (Å²) in [5, 5.41) is 8.99. The number of ether oxygens (including phenoxy) is 1. The van der Waals surface area contributed by atoms with Gasteiger partial charge >= 0.3 is 0 Å². The minimum atomic E-state index is -3.04. The van der Waals surface area contributed by atoms with Crippen LogP contribution in [0.25, 0.3) is 0 Å². The molecule has 0 aliphatic carbocycles. The lowest BCUT2D eigenvalue weighted by molar-refractivity contribution is 0.341. The van der Waals surface area contributed by atoms with Gasteiger partial charge in [-0.1, -0.05) is 18.5 Å². The van der Waals surface area contributed by atoms with Gasteiger partial charge in [0.15, 0.2) is 9.84 Å². The van der Waals surface area contributed by atoms with Crippen molar-refractivity contribution < 1.29 is 13.2 Å². The van der Waals surface area contributed by atoms with Crippen molar-refractivity contribution in [2.24, 2.45) is 0 Å². The topological polar surface area (TPSA) is 67.2 Å². The van der Waals surface area contributed by atoms with Gasteiger partial charge in [0.05, 0.1) is 22.1 Å². The van der Waals surface area contributed by atoms with E-state index < -0.39 is 9.84 Å². The zero-order valence-corrected chi connectivity index (χ0v) is 11.6. The van der Waals surface area contributed by atoms with Crippen molar-refractivity contribution in [1.29, 1.82) is 5.26 Å². The molecule has 0 atom stereocenters. The number of nitriles is 1. The zero-order valence-electron chi connectivity index (χ0n) is 10.0. The van der Waals surface area contributed by atoms with E-state index >= 15 is 0 Å². The molecule has 0 radical (unpaired) electrons. The zero-order chi connectivity index (χ0) is 13.6. The van der Waals surface area contributed by atoms with Gasteiger partial charge in [-0.3, -0.25) is 0 Å². The molecule has 1 aromatic rings.